The number of hydrogen-bond acceptors (Lipinski definition) is 5. The summed E-state index contributed by atoms with van der Waals surface area (Å²) in [5.74, 6) is -1.96. The highest BCUT2D eigenvalue weighted by Crippen LogP contribution is 2.37. The lowest BCUT2D eigenvalue weighted by atomic mass is 10.1. The molecule has 20 heavy (non-hydrogen) atoms. The second-order valence-electron chi connectivity index (χ2n) is 4.11. The molecule has 6 heteroatoms. The Bertz CT molecular complexity index is 588. The third kappa shape index (κ3) is 2.80. The molecule has 0 unspecified atom stereocenters. The fraction of sp³-hybridized carbons (Fsp3) is 0. The van der Waals surface area contributed by atoms with E-state index < -0.39 is 17.2 Å². The van der Waals surface area contributed by atoms with Crippen molar-refractivity contribution in [2.75, 3.05) is 0 Å². The van der Waals surface area contributed by atoms with E-state index in [0.29, 0.717) is 15.6 Å². The van der Waals surface area contributed by atoms with Gasteiger partial charge in [0, 0.05) is 0 Å². The highest BCUT2D eigenvalue weighted by molar-refractivity contribution is 9.10. The Kier molecular flexibility index (Phi) is 3.76. The number of halogens is 1. The van der Waals surface area contributed by atoms with Crippen LogP contribution in [0.2, 0.25) is 0 Å². The third-order valence-corrected chi connectivity index (χ3v) is 3.23. The first-order chi connectivity index (χ1) is 9.38. The number of aromatic hydroxyl groups is 5. The maximum atomic E-state index is 9.48. The molecule has 2 aromatic carbocycles. The molecule has 0 heterocycles. The lowest BCUT2D eigenvalue weighted by Gasteiger charge is -2.04. The summed E-state index contributed by atoms with van der Waals surface area (Å²) in [6.45, 7) is 0. The molecule has 0 aromatic heterocycles. The van der Waals surface area contributed by atoms with Crippen LogP contribution >= 0.6 is 15.9 Å². The Morgan fingerprint density at radius 3 is 1.50 bits per heavy atom. The van der Waals surface area contributed by atoms with Crippen molar-refractivity contribution in [1.29, 1.82) is 0 Å². The monoisotopic (exact) mass is 338 g/mol. The van der Waals surface area contributed by atoms with E-state index >= 15 is 0 Å². The highest BCUT2D eigenvalue weighted by Gasteiger charge is 2.07. The van der Waals surface area contributed by atoms with Gasteiger partial charge in [0.15, 0.2) is 28.7 Å². The van der Waals surface area contributed by atoms with Gasteiger partial charge >= 0.3 is 0 Å². The highest BCUT2D eigenvalue weighted by atomic mass is 79.9. The average Bonchev–Trinajstić information content (AvgIpc) is 2.39. The largest absolute Gasteiger partial charge is 0.504 e. The Balaban J connectivity index is 2.35. The van der Waals surface area contributed by atoms with Gasteiger partial charge in [-0.25, -0.2) is 0 Å². The normalized spacial score (nSPS) is 11.1. The molecule has 0 bridgehead atoms. The van der Waals surface area contributed by atoms with E-state index in [4.69, 9.17) is 0 Å². The Morgan fingerprint density at radius 2 is 1.05 bits per heavy atom. The van der Waals surface area contributed by atoms with Gasteiger partial charge in [-0.3, -0.25) is 0 Å². The molecule has 0 spiro atoms. The van der Waals surface area contributed by atoms with E-state index in [2.05, 4.69) is 15.9 Å². The number of benzene rings is 2. The van der Waals surface area contributed by atoms with Crippen LogP contribution in [0.25, 0.3) is 12.2 Å². The SMILES string of the molecule is Oc1cc(C=Cc2cc(O)c(O)c(Br)c2)cc(O)c1O. The number of rotatable bonds is 2. The molecule has 5 N–H and O–H groups in total. The van der Waals surface area contributed by atoms with Crippen LogP contribution in [-0.4, -0.2) is 25.5 Å². The van der Waals surface area contributed by atoms with Crippen LogP contribution in [0, 0.1) is 0 Å². The van der Waals surface area contributed by atoms with E-state index in [1.54, 1.807) is 18.2 Å². The van der Waals surface area contributed by atoms with E-state index in [1.807, 2.05) is 0 Å². The topological polar surface area (TPSA) is 101 Å². The van der Waals surface area contributed by atoms with Gasteiger partial charge in [-0.05, 0) is 51.3 Å². The van der Waals surface area contributed by atoms with Crippen molar-refractivity contribution in [3.63, 3.8) is 0 Å². The van der Waals surface area contributed by atoms with Crippen LogP contribution in [0.1, 0.15) is 11.1 Å². The molecular formula is C14H11BrO5. The molecule has 2 rings (SSSR count). The van der Waals surface area contributed by atoms with E-state index in [-0.39, 0.29) is 11.5 Å². The fourth-order valence-corrected chi connectivity index (χ4v) is 2.08. The average molecular weight is 339 g/mol. The number of phenolic OH excluding ortho intramolecular Hbond substituents is 5. The summed E-state index contributed by atoms with van der Waals surface area (Å²) >= 11 is 3.10. The van der Waals surface area contributed by atoms with Gasteiger partial charge in [-0.15, -0.1) is 0 Å². The van der Waals surface area contributed by atoms with Crippen LogP contribution in [0.4, 0.5) is 0 Å². The zero-order chi connectivity index (χ0) is 14.9. The summed E-state index contributed by atoms with van der Waals surface area (Å²) in [4.78, 5) is 0. The minimum absolute atomic E-state index is 0.248. The molecule has 5 nitrogen and oxygen atoms in total. The van der Waals surface area contributed by atoms with Gasteiger partial charge in [-0.1, -0.05) is 12.2 Å². The summed E-state index contributed by atoms with van der Waals surface area (Å²) < 4.78 is 0.341. The van der Waals surface area contributed by atoms with Gasteiger partial charge in [0.05, 0.1) is 4.47 Å². The summed E-state index contributed by atoms with van der Waals surface area (Å²) in [6.07, 6.45) is 3.17. The Hall–Kier alpha value is -2.34. The molecule has 0 aliphatic rings. The standard InChI is InChI=1S/C14H11BrO5/c15-9-3-7(4-10(16)13(9)19)1-2-8-5-11(17)14(20)12(18)6-8/h1-6,16-20H. The van der Waals surface area contributed by atoms with Crippen molar-refractivity contribution in [2.45, 2.75) is 0 Å². The minimum atomic E-state index is -0.577. The summed E-state index contributed by atoms with van der Waals surface area (Å²) in [7, 11) is 0. The predicted molar refractivity (Wildman–Crippen MR) is 77.8 cm³/mol. The molecule has 0 radical (unpaired) electrons. The number of hydrogen-bond donors (Lipinski definition) is 5. The minimum Gasteiger partial charge on any atom is -0.504 e. The van der Waals surface area contributed by atoms with Crippen LogP contribution in [-0.2, 0) is 0 Å². The molecule has 0 aliphatic carbocycles. The van der Waals surface area contributed by atoms with E-state index in [9.17, 15) is 25.5 Å². The first-order valence-corrected chi connectivity index (χ1v) is 6.32. The van der Waals surface area contributed by atoms with E-state index in [0.717, 1.165) is 0 Å². The second-order valence-corrected chi connectivity index (χ2v) is 4.97. The zero-order valence-electron chi connectivity index (χ0n) is 10.1. The molecule has 0 fully saturated rings. The Labute approximate surface area is 122 Å². The second kappa shape index (κ2) is 5.34. The quantitative estimate of drug-likeness (QED) is 0.427. The summed E-state index contributed by atoms with van der Waals surface area (Å²) in [6, 6.07) is 5.50. The maximum absolute atomic E-state index is 9.48. The van der Waals surface area contributed by atoms with Crippen molar-refractivity contribution in [3.8, 4) is 28.7 Å². The molecule has 0 aliphatic heterocycles. The van der Waals surface area contributed by atoms with Gasteiger partial charge in [-0.2, -0.15) is 0 Å². The van der Waals surface area contributed by atoms with E-state index in [1.165, 1.54) is 18.2 Å². The number of phenols is 5. The summed E-state index contributed by atoms with van der Waals surface area (Å²) in [5, 5.41) is 46.9. The van der Waals surface area contributed by atoms with Crippen LogP contribution in [0.3, 0.4) is 0 Å². The molecule has 2 aromatic rings. The molecule has 0 atom stereocenters. The molecule has 0 saturated carbocycles. The van der Waals surface area contributed by atoms with Crippen LogP contribution in [0.5, 0.6) is 28.7 Å². The zero-order valence-corrected chi connectivity index (χ0v) is 11.7. The van der Waals surface area contributed by atoms with Gasteiger partial charge < -0.3 is 25.5 Å². The van der Waals surface area contributed by atoms with Gasteiger partial charge in [0.1, 0.15) is 0 Å². The predicted octanol–water partition coefficient (Wildman–Crippen LogP) is 3.15. The van der Waals surface area contributed by atoms with Crippen molar-refractivity contribution < 1.29 is 25.5 Å². The lowest BCUT2D eigenvalue weighted by Crippen LogP contribution is -1.78. The molecule has 0 saturated heterocycles. The van der Waals surface area contributed by atoms with Crippen molar-refractivity contribution in [2.24, 2.45) is 0 Å². The smallest absolute Gasteiger partial charge is 0.200 e. The molecule has 104 valence electrons. The first-order valence-electron chi connectivity index (χ1n) is 5.53. The van der Waals surface area contributed by atoms with Crippen LogP contribution in [0.15, 0.2) is 28.7 Å². The van der Waals surface area contributed by atoms with Gasteiger partial charge in [0.25, 0.3) is 0 Å². The van der Waals surface area contributed by atoms with Crippen LogP contribution < -0.4 is 0 Å². The summed E-state index contributed by atoms with van der Waals surface area (Å²) in [5.41, 5.74) is 1.06. The molecular weight excluding hydrogens is 328 g/mol. The van der Waals surface area contributed by atoms with Gasteiger partial charge in [0.2, 0.25) is 0 Å². The first kappa shape index (κ1) is 14.1. The third-order valence-electron chi connectivity index (χ3n) is 2.63. The van der Waals surface area contributed by atoms with Crippen molar-refractivity contribution in [3.05, 3.63) is 39.9 Å². The fourth-order valence-electron chi connectivity index (χ4n) is 1.62. The van der Waals surface area contributed by atoms with Crippen molar-refractivity contribution >= 4 is 28.1 Å². The lowest BCUT2D eigenvalue weighted by molar-refractivity contribution is 0.368. The Morgan fingerprint density at radius 1 is 0.650 bits per heavy atom. The maximum Gasteiger partial charge on any atom is 0.200 e. The van der Waals surface area contributed by atoms with Crippen molar-refractivity contribution in [1.82, 2.24) is 0 Å². The molecule has 0 amide bonds.